The molecular weight excluding hydrogens is 212 g/mol. The third-order valence-electron chi connectivity index (χ3n) is 2.74. The Morgan fingerprint density at radius 3 is 2.65 bits per heavy atom. The molecule has 84 valence electrons. The highest BCUT2D eigenvalue weighted by molar-refractivity contribution is 5.84. The van der Waals surface area contributed by atoms with Gasteiger partial charge >= 0.3 is 0 Å². The van der Waals surface area contributed by atoms with Gasteiger partial charge in [0.25, 0.3) is 0 Å². The number of aromatic nitrogens is 4. The molecule has 0 aliphatic carbocycles. The molecular formula is C13H12N4. The van der Waals surface area contributed by atoms with E-state index in [9.17, 15) is 0 Å². The lowest BCUT2D eigenvalue weighted by atomic mass is 10.1. The predicted octanol–water partition coefficient (Wildman–Crippen LogP) is 2.38. The van der Waals surface area contributed by atoms with Gasteiger partial charge in [-0.05, 0) is 28.1 Å². The second-order valence-corrected chi connectivity index (χ2v) is 3.88. The number of hydrogen-bond acceptors (Lipinski definition) is 3. The van der Waals surface area contributed by atoms with Crippen molar-refractivity contribution in [1.29, 1.82) is 0 Å². The first-order valence-corrected chi connectivity index (χ1v) is 5.65. The average molecular weight is 224 g/mol. The van der Waals surface area contributed by atoms with E-state index in [-0.39, 0.29) is 0 Å². The molecule has 0 fully saturated rings. The molecule has 0 aliphatic rings. The van der Waals surface area contributed by atoms with Crippen molar-refractivity contribution < 1.29 is 0 Å². The van der Waals surface area contributed by atoms with Gasteiger partial charge in [-0.15, -0.1) is 15.0 Å². The maximum atomic E-state index is 4.30. The van der Waals surface area contributed by atoms with Crippen molar-refractivity contribution in [2.75, 3.05) is 0 Å². The summed E-state index contributed by atoms with van der Waals surface area (Å²) in [5.41, 5.74) is 0.941. The first kappa shape index (κ1) is 9.96. The third kappa shape index (κ3) is 1.78. The van der Waals surface area contributed by atoms with Crippen molar-refractivity contribution in [2.24, 2.45) is 0 Å². The highest BCUT2D eigenvalue weighted by Crippen LogP contribution is 2.17. The molecule has 1 heterocycles. The Morgan fingerprint density at radius 2 is 1.88 bits per heavy atom. The normalized spacial score (nSPS) is 10.9. The number of aryl methyl sites for hydroxylation is 1. The number of hydrogen-bond donors (Lipinski definition) is 0. The topological polar surface area (TPSA) is 43.6 Å². The summed E-state index contributed by atoms with van der Waals surface area (Å²) in [5.74, 6) is 0.762. The van der Waals surface area contributed by atoms with E-state index >= 15 is 0 Å². The van der Waals surface area contributed by atoms with Gasteiger partial charge in [0.2, 0.25) is 0 Å². The zero-order valence-electron chi connectivity index (χ0n) is 9.54. The maximum absolute atomic E-state index is 4.30. The van der Waals surface area contributed by atoms with E-state index < -0.39 is 0 Å². The van der Waals surface area contributed by atoms with Gasteiger partial charge in [-0.3, -0.25) is 0 Å². The quantitative estimate of drug-likeness (QED) is 0.671. The Balaban J connectivity index is 2.11. The Hall–Kier alpha value is -2.23. The van der Waals surface area contributed by atoms with Crippen molar-refractivity contribution in [3.63, 3.8) is 0 Å². The molecule has 0 N–H and O–H groups in total. The summed E-state index contributed by atoms with van der Waals surface area (Å²) in [4.78, 5) is 1.57. The van der Waals surface area contributed by atoms with Crippen LogP contribution >= 0.6 is 0 Å². The van der Waals surface area contributed by atoms with Crippen LogP contribution in [0.4, 0.5) is 0 Å². The second-order valence-electron chi connectivity index (χ2n) is 3.88. The predicted molar refractivity (Wildman–Crippen MR) is 66.0 cm³/mol. The van der Waals surface area contributed by atoms with Crippen LogP contribution in [-0.4, -0.2) is 20.2 Å². The smallest absolute Gasteiger partial charge is 0.131 e. The molecule has 0 unspecified atom stereocenters. The molecule has 0 saturated carbocycles. The number of nitrogens with zero attached hydrogens (tertiary/aromatic N) is 4. The van der Waals surface area contributed by atoms with E-state index in [4.69, 9.17) is 0 Å². The summed E-state index contributed by atoms with van der Waals surface area (Å²) in [6.45, 7) is 2.02. The van der Waals surface area contributed by atoms with E-state index in [1.807, 2.05) is 25.1 Å². The molecule has 0 atom stereocenters. The maximum Gasteiger partial charge on any atom is 0.174 e. The first-order chi connectivity index (χ1) is 8.36. The zero-order chi connectivity index (χ0) is 11.7. The number of fused-ring (bicyclic) bond motifs is 1. The second kappa shape index (κ2) is 3.97. The van der Waals surface area contributed by atoms with Crippen molar-refractivity contribution >= 4 is 10.8 Å². The summed E-state index contributed by atoms with van der Waals surface area (Å²) in [6, 6.07) is 14.4. The lowest BCUT2D eigenvalue weighted by Gasteiger charge is -2.01. The van der Waals surface area contributed by atoms with Crippen LogP contribution in [0.2, 0.25) is 0 Å². The van der Waals surface area contributed by atoms with Crippen molar-refractivity contribution in [3.05, 3.63) is 48.3 Å². The van der Waals surface area contributed by atoms with E-state index in [1.165, 1.54) is 10.8 Å². The van der Waals surface area contributed by atoms with Crippen LogP contribution in [0.5, 0.6) is 0 Å². The van der Waals surface area contributed by atoms with Gasteiger partial charge in [-0.2, -0.15) is 0 Å². The molecule has 2 aromatic carbocycles. The number of tetrazole rings is 1. The van der Waals surface area contributed by atoms with Gasteiger partial charge in [0.05, 0.1) is 5.69 Å². The minimum absolute atomic E-state index is 0.762. The molecule has 3 aromatic rings. The molecule has 0 spiro atoms. The number of rotatable bonds is 2. The Morgan fingerprint density at radius 1 is 1.06 bits per heavy atom. The molecule has 0 saturated heterocycles. The van der Waals surface area contributed by atoms with Crippen LogP contribution in [-0.2, 0) is 6.42 Å². The highest BCUT2D eigenvalue weighted by Gasteiger charge is 2.03. The highest BCUT2D eigenvalue weighted by atomic mass is 15.6. The molecule has 0 radical (unpaired) electrons. The van der Waals surface area contributed by atoms with Crippen molar-refractivity contribution in [3.8, 4) is 5.69 Å². The van der Waals surface area contributed by atoms with Crippen LogP contribution in [0, 0.1) is 0 Å². The van der Waals surface area contributed by atoms with Gasteiger partial charge in [0.1, 0.15) is 0 Å². The number of benzene rings is 2. The molecule has 0 aliphatic heterocycles. The molecule has 0 amide bonds. The van der Waals surface area contributed by atoms with Crippen LogP contribution in [0.1, 0.15) is 12.7 Å². The molecule has 4 nitrogen and oxygen atoms in total. The zero-order valence-corrected chi connectivity index (χ0v) is 9.54. The first-order valence-electron chi connectivity index (χ1n) is 5.65. The third-order valence-corrected chi connectivity index (χ3v) is 2.74. The Bertz CT molecular complexity index is 657. The van der Waals surface area contributed by atoms with E-state index in [1.54, 1.807) is 4.80 Å². The van der Waals surface area contributed by atoms with Crippen LogP contribution < -0.4 is 0 Å². The summed E-state index contributed by atoms with van der Waals surface area (Å²) in [6.07, 6.45) is 0.799. The average Bonchev–Trinajstić information content (AvgIpc) is 2.87. The van der Waals surface area contributed by atoms with E-state index in [0.29, 0.717) is 0 Å². The van der Waals surface area contributed by atoms with Gasteiger partial charge in [0, 0.05) is 6.42 Å². The van der Waals surface area contributed by atoms with Gasteiger partial charge in [-0.25, -0.2) is 0 Å². The van der Waals surface area contributed by atoms with Crippen molar-refractivity contribution in [2.45, 2.75) is 13.3 Å². The molecule has 17 heavy (non-hydrogen) atoms. The van der Waals surface area contributed by atoms with Gasteiger partial charge in [0.15, 0.2) is 5.82 Å². The minimum Gasteiger partial charge on any atom is -0.131 e. The SMILES string of the molecule is CCc1nnn(-c2ccc3ccccc3c2)n1. The van der Waals surface area contributed by atoms with E-state index in [0.717, 1.165) is 17.9 Å². The fourth-order valence-electron chi connectivity index (χ4n) is 1.80. The largest absolute Gasteiger partial charge is 0.174 e. The van der Waals surface area contributed by atoms with Crippen LogP contribution in [0.3, 0.4) is 0 Å². The van der Waals surface area contributed by atoms with Crippen LogP contribution in [0.15, 0.2) is 42.5 Å². The van der Waals surface area contributed by atoms with Gasteiger partial charge < -0.3 is 0 Å². The summed E-state index contributed by atoms with van der Waals surface area (Å²) >= 11 is 0. The summed E-state index contributed by atoms with van der Waals surface area (Å²) < 4.78 is 0. The van der Waals surface area contributed by atoms with Crippen molar-refractivity contribution in [1.82, 2.24) is 20.2 Å². The van der Waals surface area contributed by atoms with E-state index in [2.05, 4.69) is 39.7 Å². The standard InChI is InChI=1S/C13H12N4/c1-2-13-14-16-17(15-13)12-8-7-10-5-3-4-6-11(10)9-12/h3-9H,2H2,1H3. The fraction of sp³-hybridized carbons (Fsp3) is 0.154. The summed E-state index contributed by atoms with van der Waals surface area (Å²) in [5, 5.41) is 14.7. The molecule has 3 rings (SSSR count). The lowest BCUT2D eigenvalue weighted by molar-refractivity contribution is 0.718. The Labute approximate surface area is 98.9 Å². The monoisotopic (exact) mass is 224 g/mol. The minimum atomic E-state index is 0.762. The molecule has 4 heteroatoms. The summed E-state index contributed by atoms with van der Waals surface area (Å²) in [7, 11) is 0. The van der Waals surface area contributed by atoms with Crippen LogP contribution in [0.25, 0.3) is 16.5 Å². The molecule has 1 aromatic heterocycles. The van der Waals surface area contributed by atoms with Gasteiger partial charge in [-0.1, -0.05) is 37.3 Å². The lowest BCUT2D eigenvalue weighted by Crippen LogP contribution is -1.99. The fourth-order valence-corrected chi connectivity index (χ4v) is 1.80. The molecule has 0 bridgehead atoms. The Kier molecular flexibility index (Phi) is 2.33.